The molecule has 0 bridgehead atoms. The van der Waals surface area contributed by atoms with Crippen molar-refractivity contribution < 1.29 is 13.2 Å². The number of pyridine rings is 1. The van der Waals surface area contributed by atoms with E-state index in [1.54, 1.807) is 23.2 Å². The van der Waals surface area contributed by atoms with Crippen LogP contribution in [0.4, 0.5) is 5.13 Å². The number of aryl methyl sites for hydroxylation is 1. The van der Waals surface area contributed by atoms with E-state index < -0.39 is 10.0 Å². The number of fused-ring (bicyclic) bond motifs is 1. The molecule has 0 atom stereocenters. The summed E-state index contributed by atoms with van der Waals surface area (Å²) in [5, 5.41) is 1.07. The van der Waals surface area contributed by atoms with Crippen molar-refractivity contribution >= 4 is 54.2 Å². The Bertz CT molecular complexity index is 1450. The van der Waals surface area contributed by atoms with Crippen molar-refractivity contribution in [2.45, 2.75) is 45.1 Å². The van der Waals surface area contributed by atoms with Gasteiger partial charge in [0.2, 0.25) is 10.0 Å². The molecule has 0 spiro atoms. The lowest BCUT2D eigenvalue weighted by atomic mass is 10.2. The van der Waals surface area contributed by atoms with Gasteiger partial charge in [-0.1, -0.05) is 55.3 Å². The van der Waals surface area contributed by atoms with Crippen LogP contribution in [0.1, 0.15) is 48.3 Å². The maximum absolute atomic E-state index is 13.8. The molecule has 4 rings (SSSR count). The number of hydrogen-bond acceptors (Lipinski definition) is 6. The standard InChI is InChI=1S/C27H29ClN4O3S2/c1-4-6-17-31(5-2)37(34,35)22-13-11-20(12-14-22)26(33)32(18-21-9-7-8-16-29-21)27-30-24-19(3)10-15-23(28)25(24)36-27/h7-16H,4-6,17-18H2,1-3H3. The molecule has 0 saturated carbocycles. The zero-order valence-electron chi connectivity index (χ0n) is 21.0. The molecule has 7 nitrogen and oxygen atoms in total. The number of benzene rings is 2. The lowest BCUT2D eigenvalue weighted by molar-refractivity contribution is 0.0984. The molecule has 0 aliphatic carbocycles. The van der Waals surface area contributed by atoms with Gasteiger partial charge in [0, 0.05) is 24.8 Å². The van der Waals surface area contributed by atoms with Gasteiger partial charge in [-0.25, -0.2) is 13.4 Å². The summed E-state index contributed by atoms with van der Waals surface area (Å²) in [6, 6.07) is 15.4. The first-order valence-corrected chi connectivity index (χ1v) is 14.8. The van der Waals surface area contributed by atoms with E-state index in [1.165, 1.54) is 27.8 Å². The Hall–Kier alpha value is -2.85. The van der Waals surface area contributed by atoms with E-state index in [2.05, 4.69) is 4.98 Å². The number of sulfonamides is 1. The summed E-state index contributed by atoms with van der Waals surface area (Å²) in [4.78, 5) is 24.6. The Morgan fingerprint density at radius 3 is 2.43 bits per heavy atom. The van der Waals surface area contributed by atoms with E-state index in [4.69, 9.17) is 16.6 Å². The summed E-state index contributed by atoms with van der Waals surface area (Å²) in [6.07, 6.45) is 3.37. The van der Waals surface area contributed by atoms with E-state index in [1.807, 2.05) is 51.1 Å². The number of unbranched alkanes of at least 4 members (excludes halogenated alkanes) is 1. The lowest BCUT2D eigenvalue weighted by Crippen LogP contribution is -2.32. The van der Waals surface area contributed by atoms with Gasteiger partial charge in [0.1, 0.15) is 0 Å². The minimum Gasteiger partial charge on any atom is -0.278 e. The predicted octanol–water partition coefficient (Wildman–Crippen LogP) is 6.31. The number of carbonyl (C=O) groups excluding carboxylic acids is 1. The number of thiazole rings is 1. The summed E-state index contributed by atoms with van der Waals surface area (Å²) >= 11 is 7.77. The minimum atomic E-state index is -3.64. The van der Waals surface area contributed by atoms with Crippen LogP contribution in [0, 0.1) is 6.92 Å². The molecular formula is C27H29ClN4O3S2. The summed E-state index contributed by atoms with van der Waals surface area (Å²) in [7, 11) is -3.64. The fraction of sp³-hybridized carbons (Fsp3) is 0.296. The highest BCUT2D eigenvalue weighted by atomic mass is 35.5. The first kappa shape index (κ1) is 27.2. The molecule has 1 amide bonds. The molecule has 0 fully saturated rings. The molecule has 0 aliphatic heterocycles. The van der Waals surface area contributed by atoms with Crippen LogP contribution in [0.2, 0.25) is 5.02 Å². The number of nitrogens with zero attached hydrogens (tertiary/aromatic N) is 4. The molecule has 0 N–H and O–H groups in total. The van der Waals surface area contributed by atoms with E-state index in [-0.39, 0.29) is 17.3 Å². The molecule has 0 aliphatic rings. The van der Waals surface area contributed by atoms with Crippen LogP contribution in [0.5, 0.6) is 0 Å². The molecule has 0 saturated heterocycles. The van der Waals surface area contributed by atoms with Gasteiger partial charge in [0.15, 0.2) is 5.13 Å². The van der Waals surface area contributed by atoms with Gasteiger partial charge in [-0.05, 0) is 61.4 Å². The van der Waals surface area contributed by atoms with E-state index >= 15 is 0 Å². The van der Waals surface area contributed by atoms with Crippen LogP contribution in [0.3, 0.4) is 0 Å². The van der Waals surface area contributed by atoms with Crippen molar-refractivity contribution in [2.24, 2.45) is 0 Å². The second-order valence-corrected chi connectivity index (χ2v) is 11.9. The van der Waals surface area contributed by atoms with Gasteiger partial charge in [0.25, 0.3) is 5.91 Å². The Balaban J connectivity index is 1.69. The molecule has 2 heterocycles. The van der Waals surface area contributed by atoms with Crippen LogP contribution in [0.25, 0.3) is 10.2 Å². The highest BCUT2D eigenvalue weighted by Crippen LogP contribution is 2.36. The number of hydrogen-bond donors (Lipinski definition) is 0. The van der Waals surface area contributed by atoms with Crippen molar-refractivity contribution in [1.82, 2.24) is 14.3 Å². The zero-order valence-corrected chi connectivity index (χ0v) is 23.4. The number of aromatic nitrogens is 2. The van der Waals surface area contributed by atoms with Gasteiger partial charge < -0.3 is 0 Å². The summed E-state index contributed by atoms with van der Waals surface area (Å²) < 4.78 is 28.5. The summed E-state index contributed by atoms with van der Waals surface area (Å²) in [6.45, 7) is 6.86. The van der Waals surface area contributed by atoms with E-state index in [9.17, 15) is 13.2 Å². The smallest absolute Gasteiger partial charge is 0.260 e. The Labute approximate surface area is 226 Å². The van der Waals surface area contributed by atoms with Crippen molar-refractivity contribution in [2.75, 3.05) is 18.0 Å². The quantitative estimate of drug-likeness (QED) is 0.228. The summed E-state index contributed by atoms with van der Waals surface area (Å²) in [5.41, 5.74) is 2.77. The molecule has 194 valence electrons. The van der Waals surface area contributed by atoms with Crippen LogP contribution in [0.15, 0.2) is 65.7 Å². The third kappa shape index (κ3) is 5.85. The van der Waals surface area contributed by atoms with Crippen molar-refractivity contribution in [1.29, 1.82) is 0 Å². The van der Waals surface area contributed by atoms with Gasteiger partial charge in [-0.2, -0.15) is 4.31 Å². The normalized spacial score (nSPS) is 11.8. The number of halogens is 1. The third-order valence-corrected chi connectivity index (χ3v) is 9.59. The van der Waals surface area contributed by atoms with Crippen LogP contribution in [-0.4, -0.2) is 41.7 Å². The van der Waals surface area contributed by atoms with E-state index in [0.29, 0.717) is 34.5 Å². The third-order valence-electron chi connectivity index (χ3n) is 6.06. The Kier molecular flexibility index (Phi) is 8.59. The van der Waals surface area contributed by atoms with E-state index in [0.717, 1.165) is 28.6 Å². The highest BCUT2D eigenvalue weighted by Gasteiger charge is 2.26. The number of carbonyl (C=O) groups is 1. The fourth-order valence-corrected chi connectivity index (χ4v) is 6.75. The number of rotatable bonds is 10. The average Bonchev–Trinajstić information content (AvgIpc) is 3.37. The molecule has 0 radical (unpaired) electrons. The van der Waals surface area contributed by atoms with Crippen molar-refractivity contribution in [3.8, 4) is 0 Å². The van der Waals surface area contributed by atoms with Crippen LogP contribution in [-0.2, 0) is 16.6 Å². The first-order chi connectivity index (χ1) is 17.8. The topological polar surface area (TPSA) is 83.5 Å². The molecular weight excluding hydrogens is 528 g/mol. The van der Waals surface area contributed by atoms with Gasteiger partial charge in [-0.15, -0.1) is 0 Å². The number of amides is 1. The van der Waals surface area contributed by atoms with Gasteiger partial charge >= 0.3 is 0 Å². The van der Waals surface area contributed by atoms with Crippen LogP contribution < -0.4 is 4.90 Å². The second kappa shape index (κ2) is 11.7. The highest BCUT2D eigenvalue weighted by molar-refractivity contribution is 7.89. The monoisotopic (exact) mass is 556 g/mol. The Morgan fingerprint density at radius 2 is 1.81 bits per heavy atom. The number of anilines is 1. The zero-order chi connectivity index (χ0) is 26.6. The summed E-state index contributed by atoms with van der Waals surface area (Å²) in [5.74, 6) is -0.305. The lowest BCUT2D eigenvalue weighted by Gasteiger charge is -2.21. The maximum Gasteiger partial charge on any atom is 0.260 e. The molecule has 4 aromatic rings. The molecule has 0 unspecified atom stereocenters. The second-order valence-electron chi connectivity index (χ2n) is 8.63. The van der Waals surface area contributed by atoms with Crippen molar-refractivity contribution in [3.63, 3.8) is 0 Å². The minimum absolute atomic E-state index is 0.167. The molecule has 37 heavy (non-hydrogen) atoms. The molecule has 2 aromatic heterocycles. The molecule has 2 aromatic carbocycles. The SMILES string of the molecule is CCCCN(CC)S(=O)(=O)c1ccc(C(=O)N(Cc2ccccn2)c2nc3c(C)ccc(Cl)c3s2)cc1. The first-order valence-electron chi connectivity index (χ1n) is 12.1. The largest absolute Gasteiger partial charge is 0.278 e. The Morgan fingerprint density at radius 1 is 1.05 bits per heavy atom. The predicted molar refractivity (Wildman–Crippen MR) is 150 cm³/mol. The van der Waals surface area contributed by atoms with Gasteiger partial charge in [-0.3, -0.25) is 14.7 Å². The average molecular weight is 557 g/mol. The van der Waals surface area contributed by atoms with Crippen molar-refractivity contribution in [3.05, 3.63) is 82.6 Å². The fourth-order valence-electron chi connectivity index (χ4n) is 3.94. The maximum atomic E-state index is 13.8. The molecule has 10 heteroatoms. The van der Waals surface area contributed by atoms with Crippen LogP contribution >= 0.6 is 22.9 Å². The van der Waals surface area contributed by atoms with Gasteiger partial charge in [0.05, 0.1) is 32.4 Å².